The zero-order chi connectivity index (χ0) is 13.4. The molecule has 0 saturated heterocycles. The van der Waals surface area contributed by atoms with E-state index in [0.29, 0.717) is 11.8 Å². The van der Waals surface area contributed by atoms with Gasteiger partial charge in [0.25, 0.3) is 0 Å². The van der Waals surface area contributed by atoms with Crippen molar-refractivity contribution in [3.8, 4) is 0 Å². The number of benzene rings is 1. The number of hydrogen-bond donors (Lipinski definition) is 1. The minimum absolute atomic E-state index is 0.549. The number of nitrogens with one attached hydrogen (secondary N) is 1. The molecular weight excluding hydrogens is 290 g/mol. The summed E-state index contributed by atoms with van der Waals surface area (Å²) in [4.78, 5) is 0. The van der Waals surface area contributed by atoms with Gasteiger partial charge in [0.2, 0.25) is 0 Å². The third-order valence-electron chi connectivity index (χ3n) is 3.38. The second-order valence-corrected chi connectivity index (χ2v) is 5.64. The minimum Gasteiger partial charge on any atom is -0.385 e. The highest BCUT2D eigenvalue weighted by molar-refractivity contribution is 9.10. The highest BCUT2D eigenvalue weighted by atomic mass is 79.9. The van der Waals surface area contributed by atoms with Crippen molar-refractivity contribution in [1.29, 1.82) is 0 Å². The number of ether oxygens (including phenoxy) is 1. The van der Waals surface area contributed by atoms with Crippen LogP contribution in [0.2, 0.25) is 0 Å². The second kappa shape index (κ2) is 8.68. The van der Waals surface area contributed by atoms with Gasteiger partial charge in [-0.15, -0.1) is 0 Å². The molecule has 1 rings (SSSR count). The maximum Gasteiger partial charge on any atom is 0.0465 e. The lowest BCUT2D eigenvalue weighted by Crippen LogP contribution is -2.26. The first-order valence-electron chi connectivity index (χ1n) is 6.64. The summed E-state index contributed by atoms with van der Waals surface area (Å²) in [7, 11) is 1.77. The smallest absolute Gasteiger partial charge is 0.0465 e. The first-order valence-corrected chi connectivity index (χ1v) is 7.43. The maximum absolute atomic E-state index is 5.19. The van der Waals surface area contributed by atoms with E-state index in [9.17, 15) is 0 Å². The zero-order valence-corrected chi connectivity index (χ0v) is 13.2. The summed E-state index contributed by atoms with van der Waals surface area (Å²) >= 11 is 3.49. The van der Waals surface area contributed by atoms with E-state index >= 15 is 0 Å². The lowest BCUT2D eigenvalue weighted by molar-refractivity contribution is 0.174. The average molecular weight is 314 g/mol. The number of halogens is 1. The standard InChI is InChI=1S/C15H24BrNO/c1-4-17-11-15(12(2)9-10-18-3)13-5-7-14(16)8-6-13/h5-8,12,15,17H,4,9-11H2,1-3H3. The van der Waals surface area contributed by atoms with Gasteiger partial charge in [-0.2, -0.15) is 0 Å². The molecule has 0 radical (unpaired) electrons. The molecule has 0 aliphatic rings. The Kier molecular flexibility index (Phi) is 7.56. The molecule has 3 heteroatoms. The van der Waals surface area contributed by atoms with Gasteiger partial charge in [0.1, 0.15) is 0 Å². The number of hydrogen-bond acceptors (Lipinski definition) is 2. The predicted octanol–water partition coefficient (Wildman–Crippen LogP) is 3.81. The van der Waals surface area contributed by atoms with Gasteiger partial charge in [0.05, 0.1) is 0 Å². The fourth-order valence-electron chi connectivity index (χ4n) is 2.16. The minimum atomic E-state index is 0.549. The van der Waals surface area contributed by atoms with Crippen molar-refractivity contribution in [1.82, 2.24) is 5.32 Å². The molecule has 0 aromatic heterocycles. The SMILES string of the molecule is CCNCC(c1ccc(Br)cc1)C(C)CCOC. The summed E-state index contributed by atoms with van der Waals surface area (Å²) in [6.07, 6.45) is 1.10. The van der Waals surface area contributed by atoms with Crippen LogP contribution in [0.1, 0.15) is 31.7 Å². The van der Waals surface area contributed by atoms with Gasteiger partial charge >= 0.3 is 0 Å². The number of methoxy groups -OCH3 is 1. The fraction of sp³-hybridized carbons (Fsp3) is 0.600. The van der Waals surface area contributed by atoms with Crippen LogP contribution in [-0.2, 0) is 4.74 Å². The summed E-state index contributed by atoms with van der Waals surface area (Å²) in [6, 6.07) is 8.68. The Morgan fingerprint density at radius 1 is 1.28 bits per heavy atom. The van der Waals surface area contributed by atoms with Gasteiger partial charge in [-0.05, 0) is 42.5 Å². The van der Waals surface area contributed by atoms with Crippen LogP contribution in [-0.4, -0.2) is 26.8 Å². The molecule has 0 saturated carbocycles. The maximum atomic E-state index is 5.19. The van der Waals surface area contributed by atoms with Gasteiger partial charge < -0.3 is 10.1 Å². The van der Waals surface area contributed by atoms with Crippen LogP contribution >= 0.6 is 15.9 Å². The molecule has 0 aliphatic carbocycles. The number of likely N-dealkylation sites (N-methyl/N-ethyl adjacent to an activating group) is 1. The molecule has 2 nitrogen and oxygen atoms in total. The molecule has 0 amide bonds. The normalized spacial score (nSPS) is 14.4. The highest BCUT2D eigenvalue weighted by Crippen LogP contribution is 2.27. The van der Waals surface area contributed by atoms with E-state index in [0.717, 1.165) is 30.6 Å². The monoisotopic (exact) mass is 313 g/mol. The molecule has 18 heavy (non-hydrogen) atoms. The third kappa shape index (κ3) is 5.09. The molecule has 0 heterocycles. The Morgan fingerprint density at radius 3 is 2.50 bits per heavy atom. The third-order valence-corrected chi connectivity index (χ3v) is 3.91. The zero-order valence-electron chi connectivity index (χ0n) is 11.6. The highest BCUT2D eigenvalue weighted by Gasteiger charge is 2.18. The van der Waals surface area contributed by atoms with Crippen molar-refractivity contribution in [2.45, 2.75) is 26.2 Å². The summed E-state index contributed by atoms with van der Waals surface area (Å²) in [5, 5.41) is 3.47. The van der Waals surface area contributed by atoms with E-state index in [2.05, 4.69) is 59.4 Å². The van der Waals surface area contributed by atoms with Crippen LogP contribution in [0.15, 0.2) is 28.7 Å². The van der Waals surface area contributed by atoms with Crippen molar-refractivity contribution in [2.24, 2.45) is 5.92 Å². The summed E-state index contributed by atoms with van der Waals surface area (Å²) in [5.74, 6) is 1.17. The van der Waals surface area contributed by atoms with Crippen molar-refractivity contribution < 1.29 is 4.74 Å². The Morgan fingerprint density at radius 2 is 1.94 bits per heavy atom. The van der Waals surface area contributed by atoms with Gasteiger partial charge in [-0.1, -0.05) is 41.9 Å². The summed E-state index contributed by atoms with van der Waals surface area (Å²) < 4.78 is 6.33. The van der Waals surface area contributed by atoms with E-state index in [1.165, 1.54) is 5.56 Å². The van der Waals surface area contributed by atoms with Gasteiger partial charge in [-0.25, -0.2) is 0 Å². The number of rotatable bonds is 8. The van der Waals surface area contributed by atoms with Crippen LogP contribution in [0, 0.1) is 5.92 Å². The fourth-order valence-corrected chi connectivity index (χ4v) is 2.43. The van der Waals surface area contributed by atoms with Gasteiger partial charge in [0.15, 0.2) is 0 Å². The van der Waals surface area contributed by atoms with E-state index in [1.54, 1.807) is 7.11 Å². The van der Waals surface area contributed by atoms with Crippen molar-refractivity contribution >= 4 is 15.9 Å². The van der Waals surface area contributed by atoms with E-state index < -0.39 is 0 Å². The van der Waals surface area contributed by atoms with E-state index in [-0.39, 0.29) is 0 Å². The predicted molar refractivity (Wildman–Crippen MR) is 81.1 cm³/mol. The average Bonchev–Trinajstić information content (AvgIpc) is 2.38. The first-order chi connectivity index (χ1) is 8.69. The Balaban J connectivity index is 2.73. The Hall–Kier alpha value is -0.380. The molecule has 0 spiro atoms. The largest absolute Gasteiger partial charge is 0.385 e. The molecule has 0 aliphatic heterocycles. The molecule has 1 aromatic rings. The van der Waals surface area contributed by atoms with Crippen LogP contribution in [0.5, 0.6) is 0 Å². The molecule has 0 bridgehead atoms. The van der Waals surface area contributed by atoms with Crippen LogP contribution in [0.3, 0.4) is 0 Å². The summed E-state index contributed by atoms with van der Waals surface area (Å²) in [6.45, 7) is 7.34. The molecular formula is C15H24BrNO. The van der Waals surface area contributed by atoms with Crippen LogP contribution in [0.25, 0.3) is 0 Å². The molecule has 2 unspecified atom stereocenters. The second-order valence-electron chi connectivity index (χ2n) is 4.72. The van der Waals surface area contributed by atoms with E-state index in [4.69, 9.17) is 4.74 Å². The van der Waals surface area contributed by atoms with Crippen molar-refractivity contribution in [3.05, 3.63) is 34.3 Å². The molecule has 2 atom stereocenters. The van der Waals surface area contributed by atoms with Crippen LogP contribution < -0.4 is 5.32 Å². The van der Waals surface area contributed by atoms with Gasteiger partial charge in [-0.3, -0.25) is 0 Å². The molecule has 0 fully saturated rings. The van der Waals surface area contributed by atoms with Crippen molar-refractivity contribution in [2.75, 3.05) is 26.8 Å². The molecule has 102 valence electrons. The van der Waals surface area contributed by atoms with Crippen LogP contribution in [0.4, 0.5) is 0 Å². The van der Waals surface area contributed by atoms with Gasteiger partial charge in [0, 0.05) is 24.7 Å². The lowest BCUT2D eigenvalue weighted by Gasteiger charge is -2.24. The first kappa shape index (κ1) is 15.7. The Bertz CT molecular complexity index is 326. The van der Waals surface area contributed by atoms with E-state index in [1.807, 2.05) is 0 Å². The summed E-state index contributed by atoms with van der Waals surface area (Å²) in [5.41, 5.74) is 1.41. The molecule has 1 aromatic carbocycles. The topological polar surface area (TPSA) is 21.3 Å². The molecule has 1 N–H and O–H groups in total. The lowest BCUT2D eigenvalue weighted by atomic mass is 9.85. The Labute approximate surface area is 119 Å². The quantitative estimate of drug-likeness (QED) is 0.788. The van der Waals surface area contributed by atoms with Crippen molar-refractivity contribution in [3.63, 3.8) is 0 Å².